The number of esters is 1. The highest BCUT2D eigenvalue weighted by molar-refractivity contribution is 5.72. The molecule has 0 saturated heterocycles. The van der Waals surface area contributed by atoms with Crippen LogP contribution < -0.4 is 0 Å². The monoisotopic (exact) mass is 480 g/mol. The molecule has 0 saturated carbocycles. The molecule has 0 aliphatic rings. The van der Waals surface area contributed by atoms with Crippen molar-refractivity contribution in [1.82, 2.24) is 0 Å². The van der Waals surface area contributed by atoms with Gasteiger partial charge in [-0.3, -0.25) is 4.79 Å². The number of hydrogen-bond donors (Lipinski definition) is 0. The smallest absolute Gasteiger partial charge is 0.308 e. The standard InChI is InChI=1S/C32H64O2/c1-4-7-10-12-14-16-18-19-21-23-25-27-29-31(32(33)34-30-9-6-3)28-26-24-22-20-17-15-13-11-8-5-2/h31H,4-30H2,1-3H3. The van der Waals surface area contributed by atoms with Gasteiger partial charge in [-0.1, -0.05) is 168 Å². The molecule has 0 bridgehead atoms. The minimum Gasteiger partial charge on any atom is -0.465 e. The van der Waals surface area contributed by atoms with Crippen molar-refractivity contribution in [1.29, 1.82) is 0 Å². The molecule has 0 spiro atoms. The van der Waals surface area contributed by atoms with Crippen molar-refractivity contribution in [2.24, 2.45) is 5.92 Å². The summed E-state index contributed by atoms with van der Waals surface area (Å²) in [5, 5.41) is 0. The van der Waals surface area contributed by atoms with Crippen LogP contribution >= 0.6 is 0 Å². The Morgan fingerprint density at radius 1 is 0.441 bits per heavy atom. The molecule has 0 heterocycles. The van der Waals surface area contributed by atoms with Gasteiger partial charge in [0.15, 0.2) is 0 Å². The van der Waals surface area contributed by atoms with E-state index in [9.17, 15) is 4.79 Å². The van der Waals surface area contributed by atoms with Crippen molar-refractivity contribution >= 4 is 5.97 Å². The highest BCUT2D eigenvalue weighted by Gasteiger charge is 2.19. The summed E-state index contributed by atoms with van der Waals surface area (Å²) in [6.45, 7) is 7.34. The van der Waals surface area contributed by atoms with E-state index in [0.29, 0.717) is 6.61 Å². The number of carbonyl (C=O) groups is 1. The third-order valence-electron chi connectivity index (χ3n) is 7.39. The summed E-state index contributed by atoms with van der Waals surface area (Å²) in [6, 6.07) is 0. The van der Waals surface area contributed by atoms with Crippen molar-refractivity contribution in [3.05, 3.63) is 0 Å². The fraction of sp³-hybridized carbons (Fsp3) is 0.969. The lowest BCUT2D eigenvalue weighted by Crippen LogP contribution is -2.18. The van der Waals surface area contributed by atoms with E-state index in [1.165, 1.54) is 141 Å². The lowest BCUT2D eigenvalue weighted by molar-refractivity contribution is -0.149. The van der Waals surface area contributed by atoms with E-state index in [-0.39, 0.29) is 11.9 Å². The highest BCUT2D eigenvalue weighted by Crippen LogP contribution is 2.21. The molecular weight excluding hydrogens is 416 g/mol. The first-order valence-electron chi connectivity index (χ1n) is 15.9. The summed E-state index contributed by atoms with van der Waals surface area (Å²) < 4.78 is 5.61. The van der Waals surface area contributed by atoms with Crippen molar-refractivity contribution in [2.75, 3.05) is 6.61 Å². The predicted octanol–water partition coefficient (Wildman–Crippen LogP) is 11.3. The molecule has 204 valence electrons. The maximum absolute atomic E-state index is 12.6. The van der Waals surface area contributed by atoms with Crippen LogP contribution in [0.15, 0.2) is 0 Å². The molecule has 0 radical (unpaired) electrons. The second-order valence-corrected chi connectivity index (χ2v) is 10.9. The van der Waals surface area contributed by atoms with Crippen LogP contribution in [0.5, 0.6) is 0 Å². The molecule has 0 aliphatic carbocycles. The fourth-order valence-corrected chi connectivity index (χ4v) is 4.92. The van der Waals surface area contributed by atoms with Crippen LogP contribution in [0, 0.1) is 5.92 Å². The van der Waals surface area contributed by atoms with Gasteiger partial charge in [0, 0.05) is 0 Å². The zero-order chi connectivity index (χ0) is 25.0. The number of unbranched alkanes of at least 4 members (excludes halogenated alkanes) is 21. The molecule has 2 heteroatoms. The molecule has 2 nitrogen and oxygen atoms in total. The minimum atomic E-state index is 0.0902. The highest BCUT2D eigenvalue weighted by atomic mass is 16.5. The molecule has 0 aliphatic heterocycles. The van der Waals surface area contributed by atoms with Crippen LogP contribution in [0.25, 0.3) is 0 Å². The topological polar surface area (TPSA) is 26.3 Å². The zero-order valence-electron chi connectivity index (χ0n) is 24.0. The van der Waals surface area contributed by atoms with Crippen molar-refractivity contribution < 1.29 is 9.53 Å². The Morgan fingerprint density at radius 2 is 0.735 bits per heavy atom. The van der Waals surface area contributed by atoms with Crippen molar-refractivity contribution in [3.63, 3.8) is 0 Å². The summed E-state index contributed by atoms with van der Waals surface area (Å²) in [4.78, 5) is 12.6. The molecule has 0 aromatic carbocycles. The molecule has 0 aromatic heterocycles. The Bertz CT molecular complexity index is 392. The molecule has 0 N–H and O–H groups in total. The molecule has 0 fully saturated rings. The van der Waals surface area contributed by atoms with Gasteiger partial charge in [0.05, 0.1) is 12.5 Å². The fourth-order valence-electron chi connectivity index (χ4n) is 4.92. The molecule has 0 amide bonds. The van der Waals surface area contributed by atoms with Gasteiger partial charge in [0.1, 0.15) is 0 Å². The minimum absolute atomic E-state index is 0.0902. The first-order valence-corrected chi connectivity index (χ1v) is 15.9. The Morgan fingerprint density at radius 3 is 1.06 bits per heavy atom. The third kappa shape index (κ3) is 24.6. The first-order chi connectivity index (χ1) is 16.8. The predicted molar refractivity (Wildman–Crippen MR) is 152 cm³/mol. The number of ether oxygens (including phenoxy) is 1. The van der Waals surface area contributed by atoms with Gasteiger partial charge in [-0.05, 0) is 19.3 Å². The van der Waals surface area contributed by atoms with Gasteiger partial charge < -0.3 is 4.74 Å². The van der Waals surface area contributed by atoms with E-state index in [1.807, 2.05) is 0 Å². The van der Waals surface area contributed by atoms with Crippen LogP contribution in [0.2, 0.25) is 0 Å². The average Bonchev–Trinajstić information content (AvgIpc) is 2.84. The number of rotatable bonds is 28. The van der Waals surface area contributed by atoms with Gasteiger partial charge in [-0.2, -0.15) is 0 Å². The summed E-state index contributed by atoms with van der Waals surface area (Å²) in [5.41, 5.74) is 0. The second-order valence-electron chi connectivity index (χ2n) is 10.9. The molecule has 34 heavy (non-hydrogen) atoms. The van der Waals surface area contributed by atoms with E-state index in [1.54, 1.807) is 0 Å². The van der Waals surface area contributed by atoms with Gasteiger partial charge in [0.25, 0.3) is 0 Å². The second kappa shape index (κ2) is 28.7. The van der Waals surface area contributed by atoms with Gasteiger partial charge in [-0.25, -0.2) is 0 Å². The van der Waals surface area contributed by atoms with E-state index in [4.69, 9.17) is 4.74 Å². The van der Waals surface area contributed by atoms with Gasteiger partial charge >= 0.3 is 5.97 Å². The van der Waals surface area contributed by atoms with Crippen molar-refractivity contribution in [3.8, 4) is 0 Å². The molecular formula is C32H64O2. The van der Waals surface area contributed by atoms with E-state index in [2.05, 4.69) is 20.8 Å². The average molecular weight is 481 g/mol. The lowest BCUT2D eigenvalue weighted by Gasteiger charge is -2.16. The van der Waals surface area contributed by atoms with E-state index >= 15 is 0 Å². The Labute approximate surface area is 215 Å². The largest absolute Gasteiger partial charge is 0.465 e. The normalized spacial score (nSPS) is 12.2. The van der Waals surface area contributed by atoms with Crippen LogP contribution in [-0.2, 0) is 9.53 Å². The van der Waals surface area contributed by atoms with Gasteiger partial charge in [-0.15, -0.1) is 0 Å². The molecule has 1 unspecified atom stereocenters. The van der Waals surface area contributed by atoms with Gasteiger partial charge in [0.2, 0.25) is 0 Å². The first kappa shape index (κ1) is 33.5. The Hall–Kier alpha value is -0.530. The zero-order valence-corrected chi connectivity index (χ0v) is 24.0. The number of carbonyl (C=O) groups excluding carboxylic acids is 1. The van der Waals surface area contributed by atoms with Crippen LogP contribution in [0.4, 0.5) is 0 Å². The van der Waals surface area contributed by atoms with Crippen LogP contribution in [0.1, 0.15) is 188 Å². The summed E-state index contributed by atoms with van der Waals surface area (Å²) in [7, 11) is 0. The van der Waals surface area contributed by atoms with E-state index in [0.717, 1.165) is 25.7 Å². The van der Waals surface area contributed by atoms with Crippen LogP contribution in [-0.4, -0.2) is 12.6 Å². The summed E-state index contributed by atoms with van der Waals surface area (Å²) in [5.74, 6) is 0.237. The number of hydrogen-bond acceptors (Lipinski definition) is 2. The summed E-state index contributed by atoms with van der Waals surface area (Å²) in [6.07, 6.45) is 34.2. The molecule has 0 rings (SSSR count). The molecule has 0 aromatic rings. The van der Waals surface area contributed by atoms with Crippen molar-refractivity contribution in [2.45, 2.75) is 188 Å². The van der Waals surface area contributed by atoms with E-state index < -0.39 is 0 Å². The summed E-state index contributed by atoms with van der Waals surface area (Å²) >= 11 is 0. The maximum Gasteiger partial charge on any atom is 0.308 e. The maximum atomic E-state index is 12.6. The third-order valence-corrected chi connectivity index (χ3v) is 7.39. The SMILES string of the molecule is CCCCCCCCCCCCCCC(CCCCCCCCCCCC)C(=O)OCCCC. The quantitative estimate of drug-likeness (QED) is 0.0821. The lowest BCUT2D eigenvalue weighted by atomic mass is 9.94. The Balaban J connectivity index is 3.84. The molecule has 1 atom stereocenters. The van der Waals surface area contributed by atoms with Crippen LogP contribution in [0.3, 0.4) is 0 Å². The Kier molecular flexibility index (Phi) is 28.3.